The number of isocyanates is 1. The largest absolute Gasteiger partial charge is 0.236 e. The minimum Gasteiger partial charge on any atom is -0.224 e. The third-order valence-corrected chi connectivity index (χ3v) is 4.59. The molecule has 1 unspecified atom stereocenters. The Morgan fingerprint density at radius 2 is 2.06 bits per heavy atom. The summed E-state index contributed by atoms with van der Waals surface area (Å²) in [5.41, 5.74) is -1.15. The first-order valence-corrected chi connectivity index (χ1v) is 6.53. The van der Waals surface area contributed by atoms with Crippen molar-refractivity contribution in [3.8, 4) is 6.07 Å². The van der Waals surface area contributed by atoms with E-state index in [0.29, 0.717) is 0 Å². The van der Waals surface area contributed by atoms with Crippen LogP contribution in [0, 0.1) is 11.3 Å². The number of aliphatic imine (C=N–C) groups is 1. The molecule has 86 valence electrons. The number of fused-ring (bicyclic) bond motifs is 1. The minimum atomic E-state index is -3.38. The van der Waals surface area contributed by atoms with Gasteiger partial charge in [0.1, 0.15) is 0 Å². The number of hydrogen-bond acceptors (Lipinski definition) is 5. The summed E-state index contributed by atoms with van der Waals surface area (Å²) in [6.07, 6.45) is 1.34. The third kappa shape index (κ3) is 1.66. The van der Waals surface area contributed by atoms with Crippen LogP contribution in [-0.2, 0) is 20.2 Å². The van der Waals surface area contributed by atoms with Crippen molar-refractivity contribution in [1.29, 1.82) is 5.26 Å². The third-order valence-electron chi connectivity index (χ3n) is 2.82. The molecule has 5 nitrogen and oxygen atoms in total. The SMILES string of the molecule is N#CC1(N=C=O)CCS(=O)(=O)c2ccccc21. The van der Waals surface area contributed by atoms with E-state index in [1.165, 1.54) is 18.2 Å². The van der Waals surface area contributed by atoms with Gasteiger partial charge in [-0.1, -0.05) is 18.2 Å². The van der Waals surface area contributed by atoms with Crippen LogP contribution in [0.4, 0.5) is 0 Å². The summed E-state index contributed by atoms with van der Waals surface area (Å²) in [6.45, 7) is 0. The monoisotopic (exact) mass is 248 g/mol. The van der Waals surface area contributed by atoms with E-state index < -0.39 is 15.4 Å². The molecule has 1 aromatic rings. The van der Waals surface area contributed by atoms with Gasteiger partial charge in [0.2, 0.25) is 6.08 Å². The van der Waals surface area contributed by atoms with Crippen molar-refractivity contribution < 1.29 is 13.2 Å². The summed E-state index contributed by atoms with van der Waals surface area (Å²) >= 11 is 0. The quantitative estimate of drug-likeness (QED) is 0.546. The van der Waals surface area contributed by atoms with Crippen molar-refractivity contribution in [3.63, 3.8) is 0 Å². The molecule has 0 saturated heterocycles. The van der Waals surface area contributed by atoms with Crippen molar-refractivity contribution in [2.24, 2.45) is 4.99 Å². The number of sulfone groups is 1. The first kappa shape index (κ1) is 11.5. The maximum atomic E-state index is 11.8. The zero-order valence-corrected chi connectivity index (χ0v) is 9.57. The lowest BCUT2D eigenvalue weighted by Gasteiger charge is -2.27. The van der Waals surface area contributed by atoms with Crippen LogP contribution in [0.1, 0.15) is 12.0 Å². The normalized spacial score (nSPS) is 25.1. The highest BCUT2D eigenvalue weighted by atomic mass is 32.2. The fourth-order valence-electron chi connectivity index (χ4n) is 1.94. The summed E-state index contributed by atoms with van der Waals surface area (Å²) in [4.78, 5) is 14.0. The average Bonchev–Trinajstić information content (AvgIpc) is 2.34. The molecule has 1 heterocycles. The number of hydrogen-bond donors (Lipinski definition) is 0. The van der Waals surface area contributed by atoms with Crippen molar-refractivity contribution in [1.82, 2.24) is 0 Å². The van der Waals surface area contributed by atoms with Gasteiger partial charge in [0.25, 0.3) is 0 Å². The summed E-state index contributed by atoms with van der Waals surface area (Å²) in [6, 6.07) is 8.05. The summed E-state index contributed by atoms with van der Waals surface area (Å²) in [5.74, 6) is -0.192. The first-order chi connectivity index (χ1) is 8.06. The lowest BCUT2D eigenvalue weighted by molar-refractivity contribution is 0.498. The van der Waals surface area contributed by atoms with Crippen molar-refractivity contribution in [2.45, 2.75) is 16.9 Å². The molecule has 0 amide bonds. The van der Waals surface area contributed by atoms with Crippen LogP contribution in [0.25, 0.3) is 0 Å². The van der Waals surface area contributed by atoms with Gasteiger partial charge >= 0.3 is 0 Å². The van der Waals surface area contributed by atoms with Gasteiger partial charge in [-0.2, -0.15) is 10.3 Å². The fraction of sp³-hybridized carbons (Fsp3) is 0.273. The predicted molar refractivity (Wildman–Crippen MR) is 58.5 cm³/mol. The van der Waals surface area contributed by atoms with Crippen LogP contribution in [-0.4, -0.2) is 20.3 Å². The molecule has 0 bridgehead atoms. The van der Waals surface area contributed by atoms with Crippen LogP contribution in [0.5, 0.6) is 0 Å². The predicted octanol–water partition coefficient (Wildman–Crippen LogP) is 0.919. The van der Waals surface area contributed by atoms with E-state index in [0.717, 1.165) is 0 Å². The maximum absolute atomic E-state index is 11.8. The standard InChI is InChI=1S/C11H8N2O3S/c12-7-11(13-8-14)5-6-17(15,16)10-4-2-1-3-9(10)11/h1-4H,5-6H2. The number of nitriles is 1. The fourth-order valence-corrected chi connectivity index (χ4v) is 3.58. The molecule has 2 rings (SSSR count). The van der Waals surface area contributed by atoms with Crippen LogP contribution < -0.4 is 0 Å². The van der Waals surface area contributed by atoms with Gasteiger partial charge in [-0.25, -0.2) is 13.2 Å². The molecular weight excluding hydrogens is 240 g/mol. The Morgan fingerprint density at radius 3 is 2.71 bits per heavy atom. The topological polar surface area (TPSA) is 87.4 Å². The molecule has 0 fully saturated rings. The number of benzene rings is 1. The number of rotatable bonds is 1. The van der Waals surface area contributed by atoms with E-state index >= 15 is 0 Å². The van der Waals surface area contributed by atoms with Crippen molar-refractivity contribution >= 4 is 15.9 Å². The zero-order chi connectivity index (χ0) is 12.5. The van der Waals surface area contributed by atoms with Crippen LogP contribution in [0.3, 0.4) is 0 Å². The van der Waals surface area contributed by atoms with Gasteiger partial charge in [-0.05, 0) is 6.07 Å². The first-order valence-electron chi connectivity index (χ1n) is 4.88. The molecule has 1 aromatic carbocycles. The molecular formula is C11H8N2O3S. The Balaban J connectivity index is 2.81. The van der Waals surface area contributed by atoms with E-state index in [9.17, 15) is 18.5 Å². The molecule has 1 aliphatic heterocycles. The second-order valence-corrected chi connectivity index (χ2v) is 5.82. The summed E-state index contributed by atoms with van der Waals surface area (Å²) in [7, 11) is -3.38. The smallest absolute Gasteiger partial charge is 0.224 e. The molecule has 0 aliphatic carbocycles. The van der Waals surface area contributed by atoms with Crippen molar-refractivity contribution in [3.05, 3.63) is 29.8 Å². The van der Waals surface area contributed by atoms with E-state index in [2.05, 4.69) is 4.99 Å². The summed E-state index contributed by atoms with van der Waals surface area (Å²) in [5, 5.41) is 9.17. The highest BCUT2D eigenvalue weighted by molar-refractivity contribution is 7.91. The van der Waals surface area contributed by atoms with E-state index in [-0.39, 0.29) is 22.6 Å². The Kier molecular flexibility index (Phi) is 2.58. The highest BCUT2D eigenvalue weighted by Crippen LogP contribution is 2.39. The van der Waals surface area contributed by atoms with Crippen LogP contribution in [0.2, 0.25) is 0 Å². The van der Waals surface area contributed by atoms with Gasteiger partial charge in [0.15, 0.2) is 15.4 Å². The molecule has 17 heavy (non-hydrogen) atoms. The second kappa shape index (κ2) is 3.81. The molecule has 1 aliphatic rings. The average molecular weight is 248 g/mol. The lowest BCUT2D eigenvalue weighted by atomic mass is 9.89. The summed E-state index contributed by atoms with van der Waals surface area (Å²) < 4.78 is 23.7. The van der Waals surface area contributed by atoms with Gasteiger partial charge in [0, 0.05) is 12.0 Å². The lowest BCUT2D eigenvalue weighted by Crippen LogP contribution is -2.32. The molecule has 6 heteroatoms. The Morgan fingerprint density at radius 1 is 1.35 bits per heavy atom. The van der Waals surface area contributed by atoms with Gasteiger partial charge < -0.3 is 0 Å². The molecule has 0 aromatic heterocycles. The molecule has 0 saturated carbocycles. The minimum absolute atomic E-state index is 0.0158. The van der Waals surface area contributed by atoms with Gasteiger partial charge in [-0.3, -0.25) is 0 Å². The molecule has 0 radical (unpaired) electrons. The Labute approximate surface area is 98.3 Å². The maximum Gasteiger partial charge on any atom is 0.236 e. The van der Waals surface area contributed by atoms with Crippen LogP contribution in [0.15, 0.2) is 34.2 Å². The van der Waals surface area contributed by atoms with E-state index in [1.54, 1.807) is 12.1 Å². The van der Waals surface area contributed by atoms with E-state index in [1.807, 2.05) is 6.07 Å². The van der Waals surface area contributed by atoms with Crippen molar-refractivity contribution in [2.75, 3.05) is 5.75 Å². The van der Waals surface area contributed by atoms with Gasteiger partial charge in [-0.15, -0.1) is 0 Å². The molecule has 0 spiro atoms. The number of nitrogens with zero attached hydrogens (tertiary/aromatic N) is 2. The molecule has 1 atom stereocenters. The Hall–Kier alpha value is -1.96. The zero-order valence-electron chi connectivity index (χ0n) is 8.75. The molecule has 0 N–H and O–H groups in total. The number of carbonyl (C=O) groups excluding carboxylic acids is 1. The van der Waals surface area contributed by atoms with E-state index in [4.69, 9.17) is 0 Å². The van der Waals surface area contributed by atoms with Gasteiger partial charge in [0.05, 0.1) is 16.7 Å². The van der Waals surface area contributed by atoms with Crippen LogP contribution >= 0.6 is 0 Å². The second-order valence-electron chi connectivity index (χ2n) is 3.74. The Bertz CT molecular complexity index is 654. The highest BCUT2D eigenvalue weighted by Gasteiger charge is 2.42.